The number of piperidine rings is 1. The molecular formula is C18H23NO2S. The van der Waals surface area contributed by atoms with Crippen LogP contribution in [0.15, 0.2) is 64.4 Å². The SMILES string of the molecule is CC1CCN(c2ccc(S(=O)c3ccccc3)cc2)CC1.O. The van der Waals surface area contributed by atoms with Gasteiger partial charge in [-0.2, -0.15) is 0 Å². The number of hydrogen-bond donors (Lipinski definition) is 0. The molecule has 1 atom stereocenters. The van der Waals surface area contributed by atoms with Crippen molar-refractivity contribution in [1.82, 2.24) is 0 Å². The van der Waals surface area contributed by atoms with E-state index in [1.54, 1.807) is 0 Å². The quantitative estimate of drug-likeness (QED) is 0.872. The molecule has 3 nitrogen and oxygen atoms in total. The number of nitrogens with zero attached hydrogens (tertiary/aromatic N) is 1. The lowest BCUT2D eigenvalue weighted by atomic mass is 9.99. The minimum Gasteiger partial charge on any atom is -0.412 e. The second kappa shape index (κ2) is 7.56. The average Bonchev–Trinajstić information content (AvgIpc) is 2.56. The van der Waals surface area contributed by atoms with E-state index in [2.05, 4.69) is 24.0 Å². The van der Waals surface area contributed by atoms with Gasteiger partial charge in [0.05, 0.1) is 10.8 Å². The van der Waals surface area contributed by atoms with Crippen LogP contribution in [-0.4, -0.2) is 22.8 Å². The van der Waals surface area contributed by atoms with Crippen molar-refractivity contribution in [3.05, 3.63) is 54.6 Å². The Labute approximate surface area is 134 Å². The van der Waals surface area contributed by atoms with Gasteiger partial charge in [-0.1, -0.05) is 25.1 Å². The molecule has 0 spiro atoms. The lowest BCUT2D eigenvalue weighted by molar-refractivity contribution is 0.438. The van der Waals surface area contributed by atoms with E-state index >= 15 is 0 Å². The van der Waals surface area contributed by atoms with E-state index in [0.717, 1.165) is 28.8 Å². The van der Waals surface area contributed by atoms with Crippen molar-refractivity contribution in [1.29, 1.82) is 0 Å². The third-order valence-corrected chi connectivity index (χ3v) is 5.56. The van der Waals surface area contributed by atoms with Crippen molar-refractivity contribution in [3.8, 4) is 0 Å². The third-order valence-electron chi connectivity index (χ3n) is 4.16. The van der Waals surface area contributed by atoms with E-state index < -0.39 is 10.8 Å². The molecule has 0 radical (unpaired) electrons. The summed E-state index contributed by atoms with van der Waals surface area (Å²) < 4.78 is 12.5. The normalized spacial score (nSPS) is 16.9. The summed E-state index contributed by atoms with van der Waals surface area (Å²) in [5, 5.41) is 0. The molecule has 1 unspecified atom stereocenters. The molecule has 0 saturated carbocycles. The summed E-state index contributed by atoms with van der Waals surface area (Å²) in [6.07, 6.45) is 2.52. The van der Waals surface area contributed by atoms with E-state index in [1.165, 1.54) is 18.5 Å². The van der Waals surface area contributed by atoms with Crippen molar-refractivity contribution in [2.75, 3.05) is 18.0 Å². The Hall–Kier alpha value is -1.65. The minimum absolute atomic E-state index is 0. The molecule has 0 amide bonds. The fraction of sp³-hybridized carbons (Fsp3) is 0.333. The van der Waals surface area contributed by atoms with E-state index in [1.807, 2.05) is 42.5 Å². The smallest absolute Gasteiger partial charge is 0.0849 e. The van der Waals surface area contributed by atoms with Gasteiger partial charge < -0.3 is 10.4 Å². The highest BCUT2D eigenvalue weighted by Crippen LogP contribution is 2.25. The first-order valence-corrected chi connectivity index (χ1v) is 8.71. The first-order valence-electron chi connectivity index (χ1n) is 7.56. The number of rotatable bonds is 3. The summed E-state index contributed by atoms with van der Waals surface area (Å²) in [5.74, 6) is 0.839. The van der Waals surface area contributed by atoms with Gasteiger partial charge in [-0.05, 0) is 55.2 Å². The molecule has 1 saturated heterocycles. The maximum absolute atomic E-state index is 12.5. The molecule has 3 rings (SSSR count). The standard InChI is InChI=1S/C18H21NOS.H2O/c1-15-11-13-19(14-12-15)16-7-9-18(10-8-16)21(20)17-5-3-2-4-6-17;/h2-10,15H,11-14H2,1H3;1H2. The lowest BCUT2D eigenvalue weighted by Crippen LogP contribution is -2.32. The zero-order valence-electron chi connectivity index (χ0n) is 12.9. The molecule has 1 fully saturated rings. The van der Waals surface area contributed by atoms with Gasteiger partial charge in [-0.15, -0.1) is 0 Å². The summed E-state index contributed by atoms with van der Waals surface area (Å²) >= 11 is 0. The number of hydrogen-bond acceptors (Lipinski definition) is 2. The van der Waals surface area contributed by atoms with Gasteiger partial charge in [0.1, 0.15) is 0 Å². The largest absolute Gasteiger partial charge is 0.412 e. The molecule has 1 aliphatic rings. The molecule has 0 bridgehead atoms. The van der Waals surface area contributed by atoms with Crippen LogP contribution in [0.3, 0.4) is 0 Å². The van der Waals surface area contributed by atoms with Gasteiger partial charge in [-0.3, -0.25) is 0 Å². The first-order chi connectivity index (χ1) is 10.2. The Bertz CT molecular complexity index is 605. The molecule has 2 aromatic rings. The van der Waals surface area contributed by atoms with Crippen molar-refractivity contribution >= 4 is 16.5 Å². The fourth-order valence-corrected chi connectivity index (χ4v) is 3.79. The minimum atomic E-state index is -1.08. The van der Waals surface area contributed by atoms with Gasteiger partial charge in [0.15, 0.2) is 0 Å². The number of benzene rings is 2. The van der Waals surface area contributed by atoms with Crippen LogP contribution < -0.4 is 4.90 Å². The second-order valence-electron chi connectivity index (χ2n) is 5.75. The Morgan fingerprint density at radius 2 is 1.45 bits per heavy atom. The van der Waals surface area contributed by atoms with Gasteiger partial charge in [0.25, 0.3) is 0 Å². The molecule has 22 heavy (non-hydrogen) atoms. The van der Waals surface area contributed by atoms with Crippen LogP contribution in [0, 0.1) is 5.92 Å². The van der Waals surface area contributed by atoms with Crippen molar-refractivity contribution in [2.24, 2.45) is 5.92 Å². The molecule has 4 heteroatoms. The van der Waals surface area contributed by atoms with Crippen LogP contribution in [0.5, 0.6) is 0 Å². The molecule has 118 valence electrons. The summed E-state index contributed by atoms with van der Waals surface area (Å²) in [7, 11) is -1.08. The van der Waals surface area contributed by atoms with Crippen molar-refractivity contribution in [3.63, 3.8) is 0 Å². The zero-order chi connectivity index (χ0) is 14.7. The predicted octanol–water partition coefficient (Wildman–Crippen LogP) is 3.26. The highest BCUT2D eigenvalue weighted by molar-refractivity contribution is 7.85. The van der Waals surface area contributed by atoms with E-state index in [4.69, 9.17) is 0 Å². The molecule has 2 N–H and O–H groups in total. The molecule has 0 aromatic heterocycles. The summed E-state index contributed by atoms with van der Waals surface area (Å²) in [5.41, 5.74) is 1.25. The monoisotopic (exact) mass is 317 g/mol. The van der Waals surface area contributed by atoms with E-state index in [0.29, 0.717) is 0 Å². The fourth-order valence-electron chi connectivity index (χ4n) is 2.73. The van der Waals surface area contributed by atoms with Crippen LogP contribution in [0.4, 0.5) is 5.69 Å². The van der Waals surface area contributed by atoms with Gasteiger partial charge in [0, 0.05) is 28.6 Å². The summed E-state index contributed by atoms with van der Waals surface area (Å²) in [4.78, 5) is 4.15. The zero-order valence-corrected chi connectivity index (χ0v) is 13.7. The van der Waals surface area contributed by atoms with Crippen LogP contribution >= 0.6 is 0 Å². The average molecular weight is 317 g/mol. The van der Waals surface area contributed by atoms with Gasteiger partial charge >= 0.3 is 0 Å². The van der Waals surface area contributed by atoms with Crippen LogP contribution in [0.25, 0.3) is 0 Å². The number of anilines is 1. The topological polar surface area (TPSA) is 51.8 Å². The first kappa shape index (κ1) is 16.7. The predicted molar refractivity (Wildman–Crippen MR) is 91.8 cm³/mol. The Balaban J connectivity index is 0.00000176. The van der Waals surface area contributed by atoms with Crippen LogP contribution in [0.1, 0.15) is 19.8 Å². The van der Waals surface area contributed by atoms with Gasteiger partial charge in [0.2, 0.25) is 0 Å². The highest BCUT2D eigenvalue weighted by atomic mass is 32.2. The molecule has 2 aromatic carbocycles. The van der Waals surface area contributed by atoms with E-state index in [9.17, 15) is 4.21 Å². The Morgan fingerprint density at radius 3 is 2.05 bits per heavy atom. The Morgan fingerprint density at radius 1 is 0.909 bits per heavy atom. The second-order valence-corrected chi connectivity index (χ2v) is 7.23. The molecule has 1 heterocycles. The maximum Gasteiger partial charge on any atom is 0.0849 e. The Kier molecular flexibility index (Phi) is 5.75. The maximum atomic E-state index is 12.5. The molecular weight excluding hydrogens is 294 g/mol. The molecule has 0 aliphatic carbocycles. The van der Waals surface area contributed by atoms with Gasteiger partial charge in [-0.25, -0.2) is 4.21 Å². The van der Waals surface area contributed by atoms with Crippen LogP contribution in [0.2, 0.25) is 0 Å². The summed E-state index contributed by atoms with van der Waals surface area (Å²) in [6, 6.07) is 17.8. The van der Waals surface area contributed by atoms with E-state index in [-0.39, 0.29) is 5.48 Å². The third kappa shape index (κ3) is 3.76. The molecule has 1 aliphatic heterocycles. The highest BCUT2D eigenvalue weighted by Gasteiger charge is 2.16. The van der Waals surface area contributed by atoms with Crippen molar-refractivity contribution < 1.29 is 9.69 Å². The van der Waals surface area contributed by atoms with Crippen molar-refractivity contribution in [2.45, 2.75) is 29.6 Å². The lowest BCUT2D eigenvalue weighted by Gasteiger charge is -2.32. The van der Waals surface area contributed by atoms with Crippen LogP contribution in [-0.2, 0) is 10.8 Å². The summed E-state index contributed by atoms with van der Waals surface area (Å²) in [6.45, 7) is 4.58.